The van der Waals surface area contributed by atoms with Gasteiger partial charge >= 0.3 is 0 Å². The maximum Gasteiger partial charge on any atom is 0.261 e. The predicted molar refractivity (Wildman–Crippen MR) is 80.4 cm³/mol. The van der Waals surface area contributed by atoms with Gasteiger partial charge in [-0.1, -0.05) is 30.2 Å². The molecule has 3 rings (SSSR count). The van der Waals surface area contributed by atoms with Gasteiger partial charge in [0.25, 0.3) is 11.8 Å². The molecule has 1 N–H and O–H groups in total. The largest absolute Gasteiger partial charge is 0.274 e. The van der Waals surface area contributed by atoms with Crippen LogP contribution in [0.3, 0.4) is 0 Å². The van der Waals surface area contributed by atoms with E-state index in [0.717, 1.165) is 37.8 Å². The Balaban J connectivity index is 1.41. The first kappa shape index (κ1) is 14.4. The van der Waals surface area contributed by atoms with Gasteiger partial charge in [-0.15, -0.1) is 5.10 Å². The van der Waals surface area contributed by atoms with Crippen molar-refractivity contribution in [3.8, 4) is 0 Å². The highest BCUT2D eigenvalue weighted by Crippen LogP contribution is 2.22. The third kappa shape index (κ3) is 2.90. The number of aromatic nitrogens is 3. The Morgan fingerprint density at radius 3 is 2.27 bits per heavy atom. The number of aromatic amines is 1. The first-order chi connectivity index (χ1) is 10.8. The van der Waals surface area contributed by atoms with Crippen LogP contribution in [0.5, 0.6) is 0 Å². The molecule has 6 nitrogen and oxygen atoms in total. The molecule has 0 saturated heterocycles. The molecular weight excluding hydrogens is 280 g/mol. The van der Waals surface area contributed by atoms with Crippen LogP contribution >= 0.6 is 0 Å². The van der Waals surface area contributed by atoms with Crippen LogP contribution in [0.25, 0.3) is 0 Å². The number of nitrogens with one attached hydrogen (secondary N) is 1. The number of unbranched alkanes of at least 4 members (excludes halogenated alkanes) is 3. The first-order valence-corrected chi connectivity index (χ1v) is 7.58. The van der Waals surface area contributed by atoms with Crippen molar-refractivity contribution in [1.29, 1.82) is 0 Å². The van der Waals surface area contributed by atoms with Crippen molar-refractivity contribution in [3.05, 3.63) is 47.3 Å². The normalized spacial score (nSPS) is 13.7. The molecule has 0 spiro atoms. The average Bonchev–Trinajstić information content (AvgIpc) is 3.13. The van der Waals surface area contributed by atoms with Crippen LogP contribution in [0.2, 0.25) is 0 Å². The summed E-state index contributed by atoms with van der Waals surface area (Å²) in [7, 11) is 0. The van der Waals surface area contributed by atoms with Crippen molar-refractivity contribution in [2.24, 2.45) is 0 Å². The van der Waals surface area contributed by atoms with Gasteiger partial charge in [0.2, 0.25) is 0 Å². The Labute approximate surface area is 128 Å². The van der Waals surface area contributed by atoms with Gasteiger partial charge in [0.15, 0.2) is 0 Å². The summed E-state index contributed by atoms with van der Waals surface area (Å²) >= 11 is 0. The maximum absolute atomic E-state index is 12.2. The molecule has 0 fully saturated rings. The monoisotopic (exact) mass is 298 g/mol. The molecule has 0 unspecified atom stereocenters. The predicted octanol–water partition coefficient (Wildman–Crippen LogP) is 2.20. The standard InChI is InChI=1S/C16H18N4O2/c21-15-13-8-4-5-9-14(13)16(22)20(15)10-6-2-1-3-7-12-11-17-19-18-12/h4-5,8-9,11H,1-3,6-7,10H2,(H,17,18,19). The van der Waals surface area contributed by atoms with E-state index in [4.69, 9.17) is 0 Å². The number of hydrogen-bond acceptors (Lipinski definition) is 4. The molecule has 6 heteroatoms. The zero-order valence-corrected chi connectivity index (χ0v) is 12.3. The van der Waals surface area contributed by atoms with E-state index in [1.165, 1.54) is 4.90 Å². The first-order valence-electron chi connectivity index (χ1n) is 7.58. The highest BCUT2D eigenvalue weighted by molar-refractivity contribution is 6.21. The fourth-order valence-electron chi connectivity index (χ4n) is 2.72. The number of carbonyl (C=O) groups is 2. The summed E-state index contributed by atoms with van der Waals surface area (Å²) in [5.41, 5.74) is 2.03. The van der Waals surface area contributed by atoms with Crippen molar-refractivity contribution in [3.63, 3.8) is 0 Å². The number of hydrogen-bond donors (Lipinski definition) is 1. The lowest BCUT2D eigenvalue weighted by Gasteiger charge is -2.13. The highest BCUT2D eigenvalue weighted by Gasteiger charge is 2.34. The molecule has 2 heterocycles. The lowest BCUT2D eigenvalue weighted by Crippen LogP contribution is -2.30. The number of aryl methyl sites for hydroxylation is 1. The van der Waals surface area contributed by atoms with Crippen LogP contribution < -0.4 is 0 Å². The smallest absolute Gasteiger partial charge is 0.261 e. The van der Waals surface area contributed by atoms with E-state index in [9.17, 15) is 9.59 Å². The van der Waals surface area contributed by atoms with Crippen LogP contribution in [0.4, 0.5) is 0 Å². The summed E-state index contributed by atoms with van der Waals surface area (Å²) in [5.74, 6) is -0.327. The fourth-order valence-corrected chi connectivity index (χ4v) is 2.72. The van der Waals surface area contributed by atoms with Gasteiger partial charge in [-0.3, -0.25) is 19.6 Å². The number of carbonyl (C=O) groups excluding carboxylic acids is 2. The van der Waals surface area contributed by atoms with Crippen molar-refractivity contribution in [2.75, 3.05) is 6.54 Å². The molecule has 0 aliphatic carbocycles. The van der Waals surface area contributed by atoms with Gasteiger partial charge in [0.05, 0.1) is 16.8 Å². The van der Waals surface area contributed by atoms with Crippen LogP contribution in [0.1, 0.15) is 52.1 Å². The zero-order chi connectivity index (χ0) is 15.4. The maximum atomic E-state index is 12.2. The van der Waals surface area contributed by atoms with Crippen LogP contribution in [0.15, 0.2) is 30.5 Å². The summed E-state index contributed by atoms with van der Waals surface area (Å²) < 4.78 is 0. The molecule has 114 valence electrons. The third-order valence-corrected chi connectivity index (χ3v) is 3.91. The van der Waals surface area contributed by atoms with E-state index in [2.05, 4.69) is 15.4 Å². The third-order valence-electron chi connectivity index (χ3n) is 3.91. The van der Waals surface area contributed by atoms with Crippen molar-refractivity contribution >= 4 is 11.8 Å². The second-order valence-corrected chi connectivity index (χ2v) is 5.44. The number of fused-ring (bicyclic) bond motifs is 1. The molecule has 1 aliphatic heterocycles. The number of rotatable bonds is 7. The highest BCUT2D eigenvalue weighted by atomic mass is 16.2. The Bertz CT molecular complexity index is 632. The molecule has 1 aromatic heterocycles. The van der Waals surface area contributed by atoms with Crippen molar-refractivity contribution in [2.45, 2.75) is 32.1 Å². The molecule has 2 aromatic rings. The minimum atomic E-state index is -0.164. The molecule has 1 aliphatic rings. The van der Waals surface area contributed by atoms with E-state index >= 15 is 0 Å². The Morgan fingerprint density at radius 1 is 0.955 bits per heavy atom. The quantitative estimate of drug-likeness (QED) is 0.628. The molecule has 1 aromatic carbocycles. The number of benzene rings is 1. The topological polar surface area (TPSA) is 79.0 Å². The SMILES string of the molecule is O=C1c2ccccc2C(=O)N1CCCCCCc1c[nH]nn1. The van der Waals surface area contributed by atoms with Gasteiger partial charge in [0.1, 0.15) is 0 Å². The van der Waals surface area contributed by atoms with E-state index in [1.54, 1.807) is 30.5 Å². The minimum Gasteiger partial charge on any atom is -0.274 e. The van der Waals surface area contributed by atoms with Gasteiger partial charge in [-0.25, -0.2) is 0 Å². The number of H-pyrrole nitrogens is 1. The van der Waals surface area contributed by atoms with Crippen LogP contribution in [0, 0.1) is 0 Å². The van der Waals surface area contributed by atoms with Crippen molar-refractivity contribution in [1.82, 2.24) is 20.3 Å². The fraction of sp³-hybridized carbons (Fsp3) is 0.375. The molecule has 0 radical (unpaired) electrons. The molecule has 0 atom stereocenters. The van der Waals surface area contributed by atoms with E-state index in [-0.39, 0.29) is 11.8 Å². The Hall–Kier alpha value is -2.50. The summed E-state index contributed by atoms with van der Waals surface area (Å²) in [5, 5.41) is 10.3. The van der Waals surface area contributed by atoms with Crippen LogP contribution in [-0.2, 0) is 6.42 Å². The second kappa shape index (κ2) is 6.51. The average molecular weight is 298 g/mol. The minimum absolute atomic E-state index is 0.164. The van der Waals surface area contributed by atoms with Crippen molar-refractivity contribution < 1.29 is 9.59 Å². The number of amides is 2. The summed E-state index contributed by atoms with van der Waals surface area (Å²) in [6, 6.07) is 7.01. The lowest BCUT2D eigenvalue weighted by atomic mass is 10.1. The van der Waals surface area contributed by atoms with Gasteiger partial charge in [0, 0.05) is 12.7 Å². The second-order valence-electron chi connectivity index (χ2n) is 5.44. The number of imide groups is 1. The number of nitrogens with zero attached hydrogens (tertiary/aromatic N) is 3. The molecule has 2 amide bonds. The summed E-state index contributed by atoms with van der Waals surface area (Å²) in [4.78, 5) is 25.7. The van der Waals surface area contributed by atoms with Crippen LogP contribution in [-0.4, -0.2) is 38.7 Å². The van der Waals surface area contributed by atoms with E-state index in [0.29, 0.717) is 17.7 Å². The Kier molecular flexibility index (Phi) is 4.27. The van der Waals surface area contributed by atoms with Gasteiger partial charge < -0.3 is 0 Å². The van der Waals surface area contributed by atoms with E-state index in [1.807, 2.05) is 0 Å². The summed E-state index contributed by atoms with van der Waals surface area (Å²) in [6.07, 6.45) is 6.63. The van der Waals surface area contributed by atoms with Gasteiger partial charge in [-0.05, 0) is 31.4 Å². The molecular formula is C16H18N4O2. The Morgan fingerprint density at radius 2 is 1.64 bits per heavy atom. The van der Waals surface area contributed by atoms with E-state index < -0.39 is 0 Å². The molecule has 0 saturated carbocycles. The summed E-state index contributed by atoms with van der Waals surface area (Å²) in [6.45, 7) is 0.496. The zero-order valence-electron chi connectivity index (χ0n) is 12.3. The molecule has 22 heavy (non-hydrogen) atoms. The molecule has 0 bridgehead atoms. The van der Waals surface area contributed by atoms with Gasteiger partial charge in [-0.2, -0.15) is 0 Å². The lowest BCUT2D eigenvalue weighted by molar-refractivity contribution is 0.0651.